The maximum Gasteiger partial charge on any atom is 0.327 e. The number of nitrogens with zero attached hydrogens (tertiary/aromatic N) is 3. The van der Waals surface area contributed by atoms with Gasteiger partial charge in [-0.3, -0.25) is 14.6 Å². The minimum Gasteiger partial charge on any atom is -0.497 e. The molecule has 0 atom stereocenters. The van der Waals surface area contributed by atoms with Crippen LogP contribution in [0.15, 0.2) is 42.5 Å². The number of urea groups is 1. The summed E-state index contributed by atoms with van der Waals surface area (Å²) in [4.78, 5) is 33.2. The van der Waals surface area contributed by atoms with E-state index < -0.39 is 5.54 Å². The summed E-state index contributed by atoms with van der Waals surface area (Å²) in [7, 11) is 3.31. The van der Waals surface area contributed by atoms with Crippen LogP contribution in [-0.2, 0) is 17.9 Å². The minimum atomic E-state index is -0.753. The molecule has 1 spiro atoms. The average Bonchev–Trinajstić information content (AvgIpc) is 3.05. The molecule has 0 N–H and O–H groups in total. The molecule has 194 valence electrons. The molecule has 36 heavy (non-hydrogen) atoms. The van der Waals surface area contributed by atoms with Gasteiger partial charge in [-0.05, 0) is 67.0 Å². The van der Waals surface area contributed by atoms with Gasteiger partial charge in [0.15, 0.2) is 0 Å². The highest BCUT2D eigenvalue weighted by atomic mass is 16.5. The van der Waals surface area contributed by atoms with Crippen LogP contribution in [-0.4, -0.2) is 66.0 Å². The first-order chi connectivity index (χ1) is 17.3. The second kappa shape index (κ2) is 10.9. The number of piperidine rings is 1. The number of ether oxygens (including phenoxy) is 2. The number of hydrogen-bond donors (Lipinski definition) is 0. The number of imide groups is 1. The van der Waals surface area contributed by atoms with Gasteiger partial charge in [0.1, 0.15) is 17.0 Å². The predicted octanol–water partition coefficient (Wildman–Crippen LogP) is 4.86. The van der Waals surface area contributed by atoms with Gasteiger partial charge in [0.05, 0.1) is 20.8 Å². The SMILES string of the molecule is COc1cccc(CN2C(=O)N(CCC(C)C)C3(CCN(Cc4ccc(OC)c(C)c4)CC3)C2=O)c1. The van der Waals surface area contributed by atoms with Crippen LogP contribution >= 0.6 is 0 Å². The number of benzene rings is 2. The van der Waals surface area contributed by atoms with E-state index in [1.165, 1.54) is 10.5 Å². The Labute approximate surface area is 215 Å². The highest BCUT2D eigenvalue weighted by molar-refractivity contribution is 6.07. The van der Waals surface area contributed by atoms with Crippen molar-refractivity contribution in [2.24, 2.45) is 5.92 Å². The molecule has 7 heteroatoms. The van der Waals surface area contributed by atoms with Crippen LogP contribution in [0.2, 0.25) is 0 Å². The van der Waals surface area contributed by atoms with Crippen molar-refractivity contribution in [2.75, 3.05) is 33.9 Å². The summed E-state index contributed by atoms with van der Waals surface area (Å²) in [6.45, 7) is 9.61. The molecular formula is C29H39N3O4. The van der Waals surface area contributed by atoms with Gasteiger partial charge in [-0.15, -0.1) is 0 Å². The van der Waals surface area contributed by atoms with Crippen LogP contribution in [0.5, 0.6) is 11.5 Å². The van der Waals surface area contributed by atoms with Crippen molar-refractivity contribution in [1.82, 2.24) is 14.7 Å². The lowest BCUT2D eigenvalue weighted by molar-refractivity contribution is -0.136. The number of hydrogen-bond acceptors (Lipinski definition) is 5. The Balaban J connectivity index is 1.51. The van der Waals surface area contributed by atoms with E-state index in [0.717, 1.165) is 48.7 Å². The standard InChI is InChI=1S/C29H39N3O4/c1-21(2)11-14-32-28(34)31(20-23-7-6-8-25(18-23)35-4)27(33)29(32)12-15-30(16-13-29)19-24-9-10-26(36-5)22(3)17-24/h6-10,17-18,21H,11-16,19-20H2,1-5H3. The summed E-state index contributed by atoms with van der Waals surface area (Å²) in [6, 6.07) is 13.7. The maximum absolute atomic E-state index is 13.9. The summed E-state index contributed by atoms with van der Waals surface area (Å²) >= 11 is 0. The van der Waals surface area contributed by atoms with E-state index in [-0.39, 0.29) is 18.5 Å². The molecule has 0 aromatic heterocycles. The molecule has 0 radical (unpaired) electrons. The molecule has 2 aliphatic rings. The average molecular weight is 494 g/mol. The lowest BCUT2D eigenvalue weighted by Gasteiger charge is -2.42. The van der Waals surface area contributed by atoms with E-state index >= 15 is 0 Å². The van der Waals surface area contributed by atoms with Crippen molar-refractivity contribution < 1.29 is 19.1 Å². The fourth-order valence-corrected chi connectivity index (χ4v) is 5.43. The fraction of sp³-hybridized carbons (Fsp3) is 0.517. The van der Waals surface area contributed by atoms with Crippen LogP contribution in [0.25, 0.3) is 0 Å². The number of carbonyl (C=O) groups is 2. The molecular weight excluding hydrogens is 454 g/mol. The fourth-order valence-electron chi connectivity index (χ4n) is 5.43. The highest BCUT2D eigenvalue weighted by Gasteiger charge is 2.57. The first-order valence-corrected chi connectivity index (χ1v) is 12.9. The summed E-state index contributed by atoms with van der Waals surface area (Å²) in [5.74, 6) is 2.01. The highest BCUT2D eigenvalue weighted by Crippen LogP contribution is 2.39. The van der Waals surface area contributed by atoms with Gasteiger partial charge in [-0.2, -0.15) is 0 Å². The van der Waals surface area contributed by atoms with Crippen LogP contribution in [0, 0.1) is 12.8 Å². The largest absolute Gasteiger partial charge is 0.497 e. The summed E-state index contributed by atoms with van der Waals surface area (Å²) in [5, 5.41) is 0. The van der Waals surface area contributed by atoms with E-state index in [1.54, 1.807) is 14.2 Å². The Morgan fingerprint density at radius 3 is 2.31 bits per heavy atom. The van der Waals surface area contributed by atoms with Gasteiger partial charge >= 0.3 is 6.03 Å². The van der Waals surface area contributed by atoms with E-state index in [4.69, 9.17) is 9.47 Å². The number of carbonyl (C=O) groups excluding carboxylic acids is 2. The normalized spacial score (nSPS) is 17.9. The Morgan fingerprint density at radius 1 is 0.944 bits per heavy atom. The maximum atomic E-state index is 13.9. The smallest absolute Gasteiger partial charge is 0.327 e. The number of rotatable bonds is 9. The molecule has 2 aliphatic heterocycles. The number of methoxy groups -OCH3 is 2. The zero-order valence-electron chi connectivity index (χ0n) is 22.3. The molecule has 2 saturated heterocycles. The summed E-state index contributed by atoms with van der Waals surface area (Å²) in [6.07, 6.45) is 2.18. The van der Waals surface area contributed by atoms with Crippen molar-refractivity contribution in [3.05, 3.63) is 59.2 Å². The van der Waals surface area contributed by atoms with Crippen LogP contribution < -0.4 is 9.47 Å². The molecule has 2 aromatic carbocycles. The third kappa shape index (κ3) is 5.21. The Bertz CT molecular complexity index is 1090. The Hall–Kier alpha value is -3.06. The molecule has 0 bridgehead atoms. The summed E-state index contributed by atoms with van der Waals surface area (Å²) < 4.78 is 10.7. The van der Waals surface area contributed by atoms with Gasteiger partial charge in [-0.25, -0.2) is 4.79 Å². The number of likely N-dealkylation sites (tertiary alicyclic amines) is 1. The topological polar surface area (TPSA) is 62.3 Å². The molecule has 2 heterocycles. The van der Waals surface area contributed by atoms with Crippen molar-refractivity contribution in [1.29, 1.82) is 0 Å². The first kappa shape index (κ1) is 26.0. The number of amides is 3. The number of aryl methyl sites for hydroxylation is 1. The molecule has 2 aromatic rings. The third-order valence-corrected chi connectivity index (χ3v) is 7.58. The Morgan fingerprint density at radius 2 is 1.67 bits per heavy atom. The third-order valence-electron chi connectivity index (χ3n) is 7.58. The van der Waals surface area contributed by atoms with E-state index in [2.05, 4.69) is 37.8 Å². The first-order valence-electron chi connectivity index (χ1n) is 12.9. The molecule has 0 unspecified atom stereocenters. The zero-order chi connectivity index (χ0) is 25.9. The molecule has 2 fully saturated rings. The predicted molar refractivity (Wildman–Crippen MR) is 140 cm³/mol. The van der Waals surface area contributed by atoms with E-state index in [0.29, 0.717) is 25.3 Å². The van der Waals surface area contributed by atoms with E-state index in [1.807, 2.05) is 35.2 Å². The summed E-state index contributed by atoms with van der Waals surface area (Å²) in [5.41, 5.74) is 2.49. The monoisotopic (exact) mass is 493 g/mol. The lowest BCUT2D eigenvalue weighted by atomic mass is 9.85. The molecule has 7 nitrogen and oxygen atoms in total. The van der Waals surface area contributed by atoms with Gasteiger partial charge in [0.2, 0.25) is 0 Å². The molecule has 0 aliphatic carbocycles. The van der Waals surface area contributed by atoms with Gasteiger partial charge in [0, 0.05) is 26.2 Å². The van der Waals surface area contributed by atoms with Gasteiger partial charge < -0.3 is 14.4 Å². The van der Waals surface area contributed by atoms with Crippen molar-refractivity contribution >= 4 is 11.9 Å². The second-order valence-electron chi connectivity index (χ2n) is 10.5. The Kier molecular flexibility index (Phi) is 7.88. The molecule has 3 amide bonds. The van der Waals surface area contributed by atoms with Gasteiger partial charge in [0.25, 0.3) is 5.91 Å². The van der Waals surface area contributed by atoms with Crippen LogP contribution in [0.4, 0.5) is 4.79 Å². The van der Waals surface area contributed by atoms with Gasteiger partial charge in [-0.1, -0.05) is 38.1 Å². The molecule has 0 saturated carbocycles. The zero-order valence-corrected chi connectivity index (χ0v) is 22.3. The lowest BCUT2D eigenvalue weighted by Crippen LogP contribution is -2.56. The molecule has 4 rings (SSSR count). The second-order valence-corrected chi connectivity index (χ2v) is 10.5. The van der Waals surface area contributed by atoms with Crippen molar-refractivity contribution in [3.63, 3.8) is 0 Å². The van der Waals surface area contributed by atoms with Crippen LogP contribution in [0.1, 0.15) is 49.8 Å². The van der Waals surface area contributed by atoms with E-state index in [9.17, 15) is 9.59 Å². The van der Waals surface area contributed by atoms with Crippen molar-refractivity contribution in [3.8, 4) is 11.5 Å². The minimum absolute atomic E-state index is 0.0565. The van der Waals surface area contributed by atoms with Crippen molar-refractivity contribution in [2.45, 2.75) is 58.7 Å². The quantitative estimate of drug-likeness (QED) is 0.467. The van der Waals surface area contributed by atoms with Crippen LogP contribution in [0.3, 0.4) is 0 Å².